The summed E-state index contributed by atoms with van der Waals surface area (Å²) in [7, 11) is 0. The van der Waals surface area contributed by atoms with Crippen LogP contribution in [0.4, 0.5) is 4.79 Å². The fraction of sp³-hybridized carbons (Fsp3) is 0. The van der Waals surface area contributed by atoms with Crippen molar-refractivity contribution in [1.82, 2.24) is 6.15 Å². The van der Waals surface area contributed by atoms with E-state index >= 15 is 0 Å². The monoisotopic (exact) mass is 105 g/mol. The van der Waals surface area contributed by atoms with E-state index < -0.39 is 6.16 Å². The molecule has 0 heterocycles. The van der Waals surface area contributed by atoms with Crippen molar-refractivity contribution in [2.75, 3.05) is 0 Å². The molecule has 0 unspecified atom stereocenters. The molecule has 0 spiro atoms. The molecule has 5 heteroatoms. The topological polar surface area (TPSA) is 92.5 Å². The maximum Gasteiger partial charge on any atom is 2.00 e. The fourth-order valence-corrected chi connectivity index (χ4v) is 0. The molecule has 5 N–H and O–H groups in total. The summed E-state index contributed by atoms with van der Waals surface area (Å²) in [4.78, 5) is 8.56. The van der Waals surface area contributed by atoms with Gasteiger partial charge in [-0.25, -0.2) is 4.79 Å². The summed E-state index contributed by atoms with van der Waals surface area (Å²) < 4.78 is 0. The van der Waals surface area contributed by atoms with Gasteiger partial charge in [0.25, 0.3) is 0 Å². The third-order valence-electron chi connectivity index (χ3n) is 0. The Hall–Kier alpha value is -0.00377. The molecule has 6 heavy (non-hydrogen) atoms. The summed E-state index contributed by atoms with van der Waals surface area (Å²) in [6, 6.07) is 0. The summed E-state index contributed by atoms with van der Waals surface area (Å²) in [5.74, 6) is 0. The SMILES string of the molecule is N.O=C(O)O.[H-].[H-].[Mg+2]. The molecular weight excluding hydrogens is 98.3 g/mol. The van der Waals surface area contributed by atoms with E-state index in [2.05, 4.69) is 0 Å². The van der Waals surface area contributed by atoms with Crippen LogP contribution in [0.25, 0.3) is 0 Å². The van der Waals surface area contributed by atoms with Gasteiger partial charge in [0.15, 0.2) is 0 Å². The molecule has 0 amide bonds. The summed E-state index contributed by atoms with van der Waals surface area (Å²) in [5, 5.41) is 13.9. The average molecular weight is 105 g/mol. The number of hydrogen-bond acceptors (Lipinski definition) is 2. The molecule has 0 aliphatic rings. The molecule has 0 fully saturated rings. The van der Waals surface area contributed by atoms with E-state index in [1.54, 1.807) is 0 Å². The van der Waals surface area contributed by atoms with Crippen LogP contribution in [0.2, 0.25) is 0 Å². The van der Waals surface area contributed by atoms with Crippen LogP contribution in [0.1, 0.15) is 2.85 Å². The van der Waals surface area contributed by atoms with Gasteiger partial charge < -0.3 is 19.2 Å². The summed E-state index contributed by atoms with van der Waals surface area (Å²) >= 11 is 0. The number of rotatable bonds is 0. The molecule has 0 aromatic carbocycles. The van der Waals surface area contributed by atoms with Crippen LogP contribution in [0.3, 0.4) is 0 Å². The zero-order chi connectivity index (χ0) is 3.58. The Bertz CT molecular complexity index is 40.3. The second kappa shape index (κ2) is 8.89. The molecule has 0 saturated heterocycles. The number of carboxylic acid groups (broad SMARTS) is 2. The van der Waals surface area contributed by atoms with Crippen LogP contribution in [0.5, 0.6) is 0 Å². The minimum atomic E-state index is -1.83. The van der Waals surface area contributed by atoms with Crippen LogP contribution >= 0.6 is 0 Å². The zero-order valence-electron chi connectivity index (χ0n) is 5.22. The molecule has 0 saturated carbocycles. The van der Waals surface area contributed by atoms with Crippen molar-refractivity contribution in [3.05, 3.63) is 0 Å². The molecule has 0 aliphatic carbocycles. The molecule has 0 rings (SSSR count). The molecule has 0 radical (unpaired) electrons. The van der Waals surface area contributed by atoms with E-state index in [9.17, 15) is 0 Å². The summed E-state index contributed by atoms with van der Waals surface area (Å²) in [6.45, 7) is 0. The van der Waals surface area contributed by atoms with Gasteiger partial charge in [-0.05, 0) is 0 Å². The van der Waals surface area contributed by atoms with Crippen molar-refractivity contribution < 1.29 is 17.9 Å². The van der Waals surface area contributed by atoms with Gasteiger partial charge in [-0.1, -0.05) is 0 Å². The summed E-state index contributed by atoms with van der Waals surface area (Å²) in [5.41, 5.74) is 0. The van der Waals surface area contributed by atoms with E-state index in [0.717, 1.165) is 0 Å². The van der Waals surface area contributed by atoms with Gasteiger partial charge in [0, 0.05) is 0 Å². The van der Waals surface area contributed by atoms with Gasteiger partial charge >= 0.3 is 29.2 Å². The molecular formula is CH7MgNO3. The second-order valence-electron chi connectivity index (χ2n) is 0.283. The Kier molecular flexibility index (Phi) is 24.7. The van der Waals surface area contributed by atoms with Crippen LogP contribution in [-0.2, 0) is 0 Å². The maximum atomic E-state index is 8.56. The van der Waals surface area contributed by atoms with Gasteiger partial charge in [-0.15, -0.1) is 0 Å². The van der Waals surface area contributed by atoms with Crippen molar-refractivity contribution in [2.24, 2.45) is 0 Å². The van der Waals surface area contributed by atoms with Crippen molar-refractivity contribution in [3.63, 3.8) is 0 Å². The third kappa shape index (κ3) is 2530000. The predicted octanol–water partition coefficient (Wildman–Crippen LogP) is 0.229. The minimum Gasteiger partial charge on any atom is -1.00 e. The van der Waals surface area contributed by atoms with E-state index in [1.807, 2.05) is 0 Å². The Labute approximate surface area is 53.9 Å². The summed E-state index contributed by atoms with van der Waals surface area (Å²) in [6.07, 6.45) is -1.83. The Balaban J connectivity index is -0.00000000750. The first-order valence-electron chi connectivity index (χ1n) is 0.651. The fourth-order valence-electron chi connectivity index (χ4n) is 0. The van der Waals surface area contributed by atoms with Gasteiger partial charge in [0.1, 0.15) is 0 Å². The predicted molar refractivity (Wildman–Crippen MR) is 23.7 cm³/mol. The van der Waals surface area contributed by atoms with Crippen molar-refractivity contribution in [3.8, 4) is 0 Å². The normalized spacial score (nSPS) is 4.00. The van der Waals surface area contributed by atoms with Gasteiger partial charge in [0.05, 0.1) is 0 Å². The van der Waals surface area contributed by atoms with E-state index in [-0.39, 0.29) is 32.1 Å². The molecule has 36 valence electrons. The largest absolute Gasteiger partial charge is 2.00 e. The van der Waals surface area contributed by atoms with E-state index in [1.165, 1.54) is 0 Å². The van der Waals surface area contributed by atoms with Crippen LogP contribution < -0.4 is 6.15 Å². The second-order valence-corrected chi connectivity index (χ2v) is 0.283. The van der Waals surface area contributed by atoms with Crippen molar-refractivity contribution in [2.45, 2.75) is 0 Å². The van der Waals surface area contributed by atoms with Gasteiger partial charge in [0.2, 0.25) is 0 Å². The molecule has 0 atom stereocenters. The molecule has 0 bridgehead atoms. The van der Waals surface area contributed by atoms with Gasteiger partial charge in [-0.3, -0.25) is 0 Å². The number of hydrogen-bond donors (Lipinski definition) is 3. The first-order chi connectivity index (χ1) is 1.73. The smallest absolute Gasteiger partial charge is 1.00 e. The minimum absolute atomic E-state index is 0. The first kappa shape index (κ1) is 16.7. The molecule has 0 aliphatic heterocycles. The Morgan fingerprint density at radius 3 is 1.50 bits per heavy atom. The third-order valence-corrected chi connectivity index (χ3v) is 0. The maximum absolute atomic E-state index is 8.56. The van der Waals surface area contributed by atoms with Crippen LogP contribution in [-0.4, -0.2) is 39.4 Å². The zero-order valence-corrected chi connectivity index (χ0v) is 4.63. The van der Waals surface area contributed by atoms with E-state index in [4.69, 9.17) is 15.0 Å². The van der Waals surface area contributed by atoms with Crippen molar-refractivity contribution in [1.29, 1.82) is 0 Å². The van der Waals surface area contributed by atoms with Gasteiger partial charge in [-0.2, -0.15) is 0 Å². The average Bonchev–Trinajstić information content (AvgIpc) is 0.811. The van der Waals surface area contributed by atoms with E-state index in [0.29, 0.717) is 0 Å². The Morgan fingerprint density at radius 1 is 1.50 bits per heavy atom. The standard InChI is InChI=1S/CH2O3.Mg.H3N.2H/c2-1(3)4;;;;/h(H2,2,3,4);;1H3;;/q;+2;;2*-1. The molecule has 4 nitrogen and oxygen atoms in total. The Morgan fingerprint density at radius 2 is 1.50 bits per heavy atom. The van der Waals surface area contributed by atoms with Crippen molar-refractivity contribution >= 4 is 29.2 Å². The molecule has 0 aromatic rings. The van der Waals surface area contributed by atoms with Crippen LogP contribution in [0, 0.1) is 0 Å². The van der Waals surface area contributed by atoms with Crippen LogP contribution in [0.15, 0.2) is 0 Å². The number of carbonyl (C=O) groups is 1. The first-order valence-corrected chi connectivity index (χ1v) is 0.651. The molecule has 0 aromatic heterocycles. The quantitative estimate of drug-likeness (QED) is 0.384.